The average molecular weight is 113 g/mol. The SMILES string of the molecule is O=CNC1CC(=O)C1. The van der Waals surface area contributed by atoms with Crippen LogP contribution in [0.1, 0.15) is 12.8 Å². The fraction of sp³-hybridized carbons (Fsp3) is 0.600. The molecule has 44 valence electrons. The van der Waals surface area contributed by atoms with Gasteiger partial charge in [-0.05, 0) is 0 Å². The van der Waals surface area contributed by atoms with Crippen molar-refractivity contribution < 1.29 is 9.59 Å². The smallest absolute Gasteiger partial charge is 0.207 e. The molecule has 1 rings (SSSR count). The molecule has 0 radical (unpaired) electrons. The van der Waals surface area contributed by atoms with Gasteiger partial charge in [0, 0.05) is 18.9 Å². The average Bonchev–Trinajstić information content (AvgIpc) is 1.64. The highest BCUT2D eigenvalue weighted by molar-refractivity contribution is 5.86. The number of hydrogen-bond donors (Lipinski definition) is 1. The van der Waals surface area contributed by atoms with Crippen molar-refractivity contribution in [3.8, 4) is 0 Å². The molecule has 0 aromatic carbocycles. The molecule has 0 saturated heterocycles. The highest BCUT2D eigenvalue weighted by Gasteiger charge is 2.25. The second-order valence-corrected chi connectivity index (χ2v) is 1.93. The summed E-state index contributed by atoms with van der Waals surface area (Å²) in [5.74, 6) is 0.240. The molecule has 8 heavy (non-hydrogen) atoms. The van der Waals surface area contributed by atoms with Gasteiger partial charge in [0.25, 0.3) is 0 Å². The molecule has 0 atom stereocenters. The third kappa shape index (κ3) is 0.857. The number of ketones is 1. The molecule has 0 bridgehead atoms. The van der Waals surface area contributed by atoms with E-state index in [4.69, 9.17) is 0 Å². The van der Waals surface area contributed by atoms with Crippen LogP contribution in [-0.2, 0) is 9.59 Å². The van der Waals surface area contributed by atoms with Crippen molar-refractivity contribution in [1.82, 2.24) is 5.32 Å². The van der Waals surface area contributed by atoms with Crippen molar-refractivity contribution in [2.45, 2.75) is 18.9 Å². The summed E-state index contributed by atoms with van der Waals surface area (Å²) < 4.78 is 0. The van der Waals surface area contributed by atoms with E-state index in [1.807, 2.05) is 0 Å². The van der Waals surface area contributed by atoms with Crippen LogP contribution in [0.2, 0.25) is 0 Å². The van der Waals surface area contributed by atoms with E-state index < -0.39 is 0 Å². The van der Waals surface area contributed by atoms with Gasteiger partial charge in [-0.15, -0.1) is 0 Å². The molecule has 1 N–H and O–H groups in total. The number of hydrogen-bond acceptors (Lipinski definition) is 2. The van der Waals surface area contributed by atoms with Gasteiger partial charge in [-0.1, -0.05) is 0 Å². The maximum absolute atomic E-state index is 10.2. The summed E-state index contributed by atoms with van der Waals surface area (Å²) in [6, 6.07) is 0.139. The van der Waals surface area contributed by atoms with Gasteiger partial charge in [0.15, 0.2) is 0 Å². The lowest BCUT2D eigenvalue weighted by Crippen LogP contribution is -2.40. The molecule has 3 heteroatoms. The zero-order chi connectivity index (χ0) is 5.98. The molecular formula is C5H7NO2. The molecule has 0 heterocycles. The van der Waals surface area contributed by atoms with Crippen LogP contribution in [0.5, 0.6) is 0 Å². The summed E-state index contributed by atoms with van der Waals surface area (Å²) in [6.07, 6.45) is 1.69. The van der Waals surface area contributed by atoms with Gasteiger partial charge in [-0.2, -0.15) is 0 Å². The van der Waals surface area contributed by atoms with Crippen molar-refractivity contribution in [2.75, 3.05) is 0 Å². The maximum atomic E-state index is 10.2. The Morgan fingerprint density at radius 2 is 2.25 bits per heavy atom. The van der Waals surface area contributed by atoms with Crippen LogP contribution in [0.3, 0.4) is 0 Å². The second-order valence-electron chi connectivity index (χ2n) is 1.93. The molecule has 1 aliphatic carbocycles. The Bertz CT molecular complexity index is 111. The number of carbonyl (C=O) groups excluding carboxylic acids is 2. The van der Waals surface area contributed by atoms with Crippen molar-refractivity contribution in [1.29, 1.82) is 0 Å². The Morgan fingerprint density at radius 3 is 2.62 bits per heavy atom. The standard InChI is InChI=1S/C5H7NO2/c7-3-6-4-1-5(8)2-4/h3-4H,1-2H2,(H,6,7). The molecular weight excluding hydrogens is 106 g/mol. The third-order valence-electron chi connectivity index (χ3n) is 1.25. The van der Waals surface area contributed by atoms with Crippen molar-refractivity contribution >= 4 is 12.2 Å². The summed E-state index contributed by atoms with van der Waals surface area (Å²) in [4.78, 5) is 19.9. The molecule has 3 nitrogen and oxygen atoms in total. The zero-order valence-corrected chi connectivity index (χ0v) is 4.39. The minimum absolute atomic E-state index is 0.139. The first kappa shape index (κ1) is 5.28. The van der Waals surface area contributed by atoms with E-state index in [1.165, 1.54) is 0 Å². The fourth-order valence-electron chi connectivity index (χ4n) is 0.704. The van der Waals surface area contributed by atoms with E-state index in [2.05, 4.69) is 5.32 Å². The van der Waals surface area contributed by atoms with Crippen LogP contribution in [0.25, 0.3) is 0 Å². The molecule has 1 amide bonds. The largest absolute Gasteiger partial charge is 0.355 e. The van der Waals surface area contributed by atoms with Gasteiger partial charge in [0.2, 0.25) is 6.41 Å². The molecule has 0 unspecified atom stereocenters. The number of carbonyl (C=O) groups is 2. The van der Waals surface area contributed by atoms with Crippen LogP contribution >= 0.6 is 0 Å². The number of Topliss-reactive ketones (excluding diaryl/α,β-unsaturated/α-hetero) is 1. The van der Waals surface area contributed by atoms with Crippen molar-refractivity contribution in [2.24, 2.45) is 0 Å². The zero-order valence-electron chi connectivity index (χ0n) is 4.39. The minimum Gasteiger partial charge on any atom is -0.355 e. The first-order valence-corrected chi connectivity index (χ1v) is 2.54. The topological polar surface area (TPSA) is 46.2 Å². The Morgan fingerprint density at radius 1 is 1.62 bits per heavy atom. The van der Waals surface area contributed by atoms with Crippen molar-refractivity contribution in [3.63, 3.8) is 0 Å². The van der Waals surface area contributed by atoms with E-state index in [9.17, 15) is 9.59 Å². The fourth-order valence-corrected chi connectivity index (χ4v) is 0.704. The van der Waals surface area contributed by atoms with E-state index in [0.29, 0.717) is 19.3 Å². The van der Waals surface area contributed by atoms with Crippen LogP contribution < -0.4 is 5.32 Å². The normalized spacial score (nSPS) is 19.8. The van der Waals surface area contributed by atoms with Crippen LogP contribution in [-0.4, -0.2) is 18.2 Å². The first-order valence-electron chi connectivity index (χ1n) is 2.54. The van der Waals surface area contributed by atoms with E-state index in [0.717, 1.165) is 0 Å². The molecule has 0 aromatic rings. The lowest BCUT2D eigenvalue weighted by atomic mass is 9.92. The molecule has 0 spiro atoms. The summed E-state index contributed by atoms with van der Waals surface area (Å²) >= 11 is 0. The molecule has 1 aliphatic rings. The van der Waals surface area contributed by atoms with Gasteiger partial charge >= 0.3 is 0 Å². The molecule has 1 fully saturated rings. The summed E-state index contributed by atoms with van der Waals surface area (Å²) in [5.41, 5.74) is 0. The lowest BCUT2D eigenvalue weighted by Gasteiger charge is -2.22. The summed E-state index contributed by atoms with van der Waals surface area (Å²) in [6.45, 7) is 0. The number of nitrogens with one attached hydrogen (secondary N) is 1. The second kappa shape index (κ2) is 1.94. The quantitative estimate of drug-likeness (QED) is 0.489. The molecule has 0 aromatic heterocycles. The highest BCUT2D eigenvalue weighted by atomic mass is 16.1. The lowest BCUT2D eigenvalue weighted by molar-refractivity contribution is -0.125. The predicted octanol–water partition coefficient (Wildman–Crippen LogP) is -0.536. The molecule has 1 saturated carbocycles. The number of amides is 1. The van der Waals surface area contributed by atoms with Crippen LogP contribution in [0.15, 0.2) is 0 Å². The maximum Gasteiger partial charge on any atom is 0.207 e. The Labute approximate surface area is 47.1 Å². The van der Waals surface area contributed by atoms with E-state index >= 15 is 0 Å². The van der Waals surface area contributed by atoms with Gasteiger partial charge in [-0.25, -0.2) is 0 Å². The van der Waals surface area contributed by atoms with E-state index in [1.54, 1.807) is 0 Å². The monoisotopic (exact) mass is 113 g/mol. The summed E-state index contributed by atoms with van der Waals surface area (Å²) in [7, 11) is 0. The molecule has 0 aliphatic heterocycles. The highest BCUT2D eigenvalue weighted by Crippen LogP contribution is 2.12. The van der Waals surface area contributed by atoms with E-state index in [-0.39, 0.29) is 11.8 Å². The van der Waals surface area contributed by atoms with Gasteiger partial charge in [-0.3, -0.25) is 9.59 Å². The predicted molar refractivity (Wildman–Crippen MR) is 27.2 cm³/mol. The first-order chi connectivity index (χ1) is 3.83. The van der Waals surface area contributed by atoms with Gasteiger partial charge < -0.3 is 5.32 Å². The Kier molecular flexibility index (Phi) is 1.28. The van der Waals surface area contributed by atoms with Crippen LogP contribution in [0, 0.1) is 0 Å². The van der Waals surface area contributed by atoms with Crippen molar-refractivity contribution in [3.05, 3.63) is 0 Å². The van der Waals surface area contributed by atoms with Gasteiger partial charge in [0.05, 0.1) is 0 Å². The summed E-state index contributed by atoms with van der Waals surface area (Å²) in [5, 5.41) is 2.51. The Hall–Kier alpha value is -0.860. The van der Waals surface area contributed by atoms with Gasteiger partial charge in [0.1, 0.15) is 5.78 Å². The number of rotatable bonds is 2. The minimum atomic E-state index is 0.139. The third-order valence-corrected chi connectivity index (χ3v) is 1.25. The Balaban J connectivity index is 2.15. The van der Waals surface area contributed by atoms with Crippen LogP contribution in [0.4, 0.5) is 0 Å².